The molecule has 1 aliphatic rings. The van der Waals surface area contributed by atoms with Crippen LogP contribution in [0.4, 0.5) is 0 Å². The van der Waals surface area contributed by atoms with Crippen LogP contribution >= 0.6 is 0 Å². The van der Waals surface area contributed by atoms with Gasteiger partial charge in [0.1, 0.15) is 0 Å². The molecule has 1 aliphatic heterocycles. The molecule has 1 saturated heterocycles. The van der Waals surface area contributed by atoms with Crippen molar-refractivity contribution in [3.05, 3.63) is 30.1 Å². The van der Waals surface area contributed by atoms with Gasteiger partial charge in [-0.25, -0.2) is 0 Å². The Morgan fingerprint density at radius 3 is 2.92 bits per heavy atom. The summed E-state index contributed by atoms with van der Waals surface area (Å²) in [5, 5.41) is 2.00. The van der Waals surface area contributed by atoms with Gasteiger partial charge in [-0.1, -0.05) is 0 Å². The number of hydroxylamine groups is 2. The Kier molecular flexibility index (Phi) is 2.34. The van der Waals surface area contributed by atoms with Gasteiger partial charge in [-0.2, -0.15) is 5.06 Å². The molecular formula is C9H12N2O. The van der Waals surface area contributed by atoms with Gasteiger partial charge in [-0.15, -0.1) is 0 Å². The summed E-state index contributed by atoms with van der Waals surface area (Å²) >= 11 is 0. The second-order valence-electron chi connectivity index (χ2n) is 2.91. The molecule has 0 N–H and O–H groups in total. The first-order chi connectivity index (χ1) is 5.95. The molecule has 0 amide bonds. The third kappa shape index (κ3) is 1.81. The topological polar surface area (TPSA) is 25.4 Å². The van der Waals surface area contributed by atoms with Gasteiger partial charge in [0.2, 0.25) is 0 Å². The van der Waals surface area contributed by atoms with Crippen LogP contribution in [0.3, 0.4) is 0 Å². The molecule has 1 aromatic heterocycles. The second kappa shape index (κ2) is 3.65. The number of nitrogens with zero attached hydrogens (tertiary/aromatic N) is 2. The lowest BCUT2D eigenvalue weighted by Gasteiger charge is -2.12. The van der Waals surface area contributed by atoms with E-state index in [0.29, 0.717) is 0 Å². The minimum atomic E-state index is 0.866. The van der Waals surface area contributed by atoms with E-state index in [1.165, 1.54) is 5.56 Å². The molecule has 0 aromatic carbocycles. The third-order valence-corrected chi connectivity index (χ3v) is 1.93. The standard InChI is InChI=1S/C9H12N2O/c1-6-11(12-7-1)8-9-2-4-10-5-3-9/h2-5H,1,6-8H2. The predicted octanol–water partition coefficient (Wildman–Crippen LogP) is 1.22. The summed E-state index contributed by atoms with van der Waals surface area (Å²) in [7, 11) is 0. The molecule has 0 saturated carbocycles. The van der Waals surface area contributed by atoms with Crippen molar-refractivity contribution in [3.8, 4) is 0 Å². The average Bonchev–Trinajstić information content (AvgIpc) is 2.59. The van der Waals surface area contributed by atoms with E-state index < -0.39 is 0 Å². The van der Waals surface area contributed by atoms with Crippen LogP contribution in [0.5, 0.6) is 0 Å². The maximum Gasteiger partial charge on any atom is 0.0698 e. The summed E-state index contributed by atoms with van der Waals surface area (Å²) in [6.45, 7) is 2.79. The molecule has 64 valence electrons. The van der Waals surface area contributed by atoms with Crippen molar-refractivity contribution in [2.75, 3.05) is 13.2 Å². The van der Waals surface area contributed by atoms with Crippen molar-refractivity contribution < 1.29 is 4.84 Å². The van der Waals surface area contributed by atoms with E-state index in [1.807, 2.05) is 29.6 Å². The fourth-order valence-electron chi connectivity index (χ4n) is 1.32. The molecule has 1 fully saturated rings. The number of rotatable bonds is 2. The largest absolute Gasteiger partial charge is 0.299 e. The molecule has 2 heterocycles. The van der Waals surface area contributed by atoms with E-state index in [-0.39, 0.29) is 0 Å². The van der Waals surface area contributed by atoms with Crippen LogP contribution in [0.2, 0.25) is 0 Å². The van der Waals surface area contributed by atoms with Gasteiger partial charge < -0.3 is 0 Å². The van der Waals surface area contributed by atoms with Crippen LogP contribution in [0.1, 0.15) is 12.0 Å². The normalized spacial score (nSPS) is 18.3. The summed E-state index contributed by atoms with van der Waals surface area (Å²) in [6.07, 6.45) is 4.77. The van der Waals surface area contributed by atoms with Crippen LogP contribution in [-0.4, -0.2) is 23.2 Å². The van der Waals surface area contributed by atoms with Gasteiger partial charge >= 0.3 is 0 Å². The van der Waals surface area contributed by atoms with Crippen molar-refractivity contribution in [3.63, 3.8) is 0 Å². The third-order valence-electron chi connectivity index (χ3n) is 1.93. The highest BCUT2D eigenvalue weighted by molar-refractivity contribution is 5.08. The SMILES string of the molecule is c1cc(CN2CCCO2)ccn1. The first-order valence-electron chi connectivity index (χ1n) is 4.22. The Hall–Kier alpha value is -0.930. The maximum atomic E-state index is 5.37. The smallest absolute Gasteiger partial charge is 0.0698 e. The van der Waals surface area contributed by atoms with E-state index in [4.69, 9.17) is 4.84 Å². The Morgan fingerprint density at radius 2 is 2.25 bits per heavy atom. The molecule has 0 unspecified atom stereocenters. The molecule has 3 nitrogen and oxygen atoms in total. The van der Waals surface area contributed by atoms with Crippen LogP contribution < -0.4 is 0 Å². The molecule has 0 radical (unpaired) electrons. The molecule has 0 bridgehead atoms. The monoisotopic (exact) mass is 164 g/mol. The van der Waals surface area contributed by atoms with Gasteiger partial charge in [-0.05, 0) is 24.1 Å². The Balaban J connectivity index is 1.94. The van der Waals surface area contributed by atoms with Crippen LogP contribution in [0.15, 0.2) is 24.5 Å². The summed E-state index contributed by atoms with van der Waals surface area (Å²) in [5.41, 5.74) is 1.26. The lowest BCUT2D eigenvalue weighted by molar-refractivity contribution is -0.117. The summed E-state index contributed by atoms with van der Waals surface area (Å²) in [5.74, 6) is 0. The summed E-state index contributed by atoms with van der Waals surface area (Å²) in [6, 6.07) is 4.03. The number of hydrogen-bond donors (Lipinski definition) is 0. The molecule has 1 aromatic rings. The van der Waals surface area contributed by atoms with E-state index in [9.17, 15) is 0 Å². The first-order valence-corrected chi connectivity index (χ1v) is 4.22. The zero-order chi connectivity index (χ0) is 8.23. The van der Waals surface area contributed by atoms with Crippen molar-refractivity contribution in [1.82, 2.24) is 10.0 Å². The summed E-state index contributed by atoms with van der Waals surface area (Å²) < 4.78 is 0. The van der Waals surface area contributed by atoms with Gasteiger partial charge in [0.05, 0.1) is 6.61 Å². The highest BCUT2D eigenvalue weighted by Crippen LogP contribution is 2.09. The first kappa shape index (κ1) is 7.71. The predicted molar refractivity (Wildman–Crippen MR) is 45.2 cm³/mol. The van der Waals surface area contributed by atoms with Crippen molar-refractivity contribution in [1.29, 1.82) is 0 Å². The van der Waals surface area contributed by atoms with Gasteiger partial charge in [0.15, 0.2) is 0 Å². The minimum absolute atomic E-state index is 0.866. The highest BCUT2D eigenvalue weighted by Gasteiger charge is 2.11. The summed E-state index contributed by atoms with van der Waals surface area (Å²) in [4.78, 5) is 9.33. The van der Waals surface area contributed by atoms with Crippen LogP contribution in [0, 0.1) is 0 Å². The Morgan fingerprint density at radius 1 is 1.42 bits per heavy atom. The molecule has 2 rings (SSSR count). The molecule has 12 heavy (non-hydrogen) atoms. The number of hydrogen-bond acceptors (Lipinski definition) is 3. The van der Waals surface area contributed by atoms with E-state index in [2.05, 4.69) is 4.98 Å². The van der Waals surface area contributed by atoms with Crippen LogP contribution in [-0.2, 0) is 11.4 Å². The molecular weight excluding hydrogens is 152 g/mol. The Labute approximate surface area is 71.9 Å². The molecule has 3 heteroatoms. The van der Waals surface area contributed by atoms with Gasteiger partial charge in [-0.3, -0.25) is 9.82 Å². The Bertz CT molecular complexity index is 232. The van der Waals surface area contributed by atoms with E-state index >= 15 is 0 Å². The quantitative estimate of drug-likeness (QED) is 0.657. The minimum Gasteiger partial charge on any atom is -0.299 e. The van der Waals surface area contributed by atoms with Gasteiger partial charge in [0, 0.05) is 25.5 Å². The maximum absolute atomic E-state index is 5.37. The van der Waals surface area contributed by atoms with E-state index in [1.54, 1.807) is 0 Å². The lowest BCUT2D eigenvalue weighted by Crippen LogP contribution is -2.16. The van der Waals surface area contributed by atoms with Crippen LogP contribution in [0.25, 0.3) is 0 Å². The zero-order valence-electron chi connectivity index (χ0n) is 6.94. The number of aromatic nitrogens is 1. The molecule has 0 atom stereocenters. The second-order valence-corrected chi connectivity index (χ2v) is 2.91. The number of pyridine rings is 1. The fraction of sp³-hybridized carbons (Fsp3) is 0.444. The molecule has 0 spiro atoms. The van der Waals surface area contributed by atoms with Gasteiger partial charge in [0.25, 0.3) is 0 Å². The van der Waals surface area contributed by atoms with Crippen molar-refractivity contribution in [2.45, 2.75) is 13.0 Å². The lowest BCUT2D eigenvalue weighted by atomic mass is 10.3. The fourth-order valence-corrected chi connectivity index (χ4v) is 1.32. The molecule has 0 aliphatic carbocycles. The van der Waals surface area contributed by atoms with E-state index in [0.717, 1.165) is 26.1 Å². The average molecular weight is 164 g/mol. The van der Waals surface area contributed by atoms with Crippen molar-refractivity contribution in [2.24, 2.45) is 0 Å². The highest BCUT2D eigenvalue weighted by atomic mass is 16.7. The van der Waals surface area contributed by atoms with Crippen molar-refractivity contribution >= 4 is 0 Å². The zero-order valence-corrected chi connectivity index (χ0v) is 6.94.